The van der Waals surface area contributed by atoms with Gasteiger partial charge in [0.2, 0.25) is 0 Å². The summed E-state index contributed by atoms with van der Waals surface area (Å²) in [4.78, 5) is 0. The van der Waals surface area contributed by atoms with Crippen molar-refractivity contribution >= 4 is 28.3 Å². The van der Waals surface area contributed by atoms with Gasteiger partial charge in [0.1, 0.15) is 5.75 Å². The lowest BCUT2D eigenvalue weighted by atomic mass is 9.97. The van der Waals surface area contributed by atoms with Crippen molar-refractivity contribution < 1.29 is 4.74 Å². The minimum absolute atomic E-state index is 0. The molecule has 0 aliphatic carbocycles. The first-order valence-electron chi connectivity index (χ1n) is 8.01. The van der Waals surface area contributed by atoms with Gasteiger partial charge < -0.3 is 10.1 Å². The highest BCUT2D eigenvalue weighted by atomic mass is 79.9. The predicted molar refractivity (Wildman–Crippen MR) is 103 cm³/mol. The van der Waals surface area contributed by atoms with E-state index in [0.717, 1.165) is 41.3 Å². The number of halogens is 2. The Labute approximate surface area is 153 Å². The molecule has 1 aliphatic heterocycles. The molecule has 0 saturated carbocycles. The van der Waals surface area contributed by atoms with Crippen LogP contribution in [0.25, 0.3) is 11.1 Å². The number of piperidine rings is 1. The highest BCUT2D eigenvalue weighted by Crippen LogP contribution is 2.33. The number of hydrogen-bond acceptors (Lipinski definition) is 2. The molecule has 2 nitrogen and oxygen atoms in total. The summed E-state index contributed by atoms with van der Waals surface area (Å²) < 4.78 is 7.18. The molecule has 3 rings (SSSR count). The van der Waals surface area contributed by atoms with E-state index in [4.69, 9.17) is 4.74 Å². The summed E-state index contributed by atoms with van der Waals surface area (Å²) >= 11 is 3.56. The number of rotatable bonds is 5. The van der Waals surface area contributed by atoms with Crippen LogP contribution in [0.15, 0.2) is 53.0 Å². The molecular formula is C19H23BrClNO. The molecule has 124 valence electrons. The van der Waals surface area contributed by atoms with Crippen molar-refractivity contribution in [3.05, 3.63) is 53.0 Å². The van der Waals surface area contributed by atoms with Gasteiger partial charge in [-0.1, -0.05) is 46.3 Å². The molecule has 2 aromatic rings. The Bertz CT molecular complexity index is 600. The first-order valence-corrected chi connectivity index (χ1v) is 8.81. The van der Waals surface area contributed by atoms with Crippen molar-refractivity contribution in [2.45, 2.75) is 19.3 Å². The zero-order valence-corrected chi connectivity index (χ0v) is 15.5. The monoisotopic (exact) mass is 395 g/mol. The lowest BCUT2D eigenvalue weighted by Gasteiger charge is -2.23. The summed E-state index contributed by atoms with van der Waals surface area (Å²) in [6.07, 6.45) is 3.73. The quantitative estimate of drug-likeness (QED) is 0.740. The SMILES string of the molecule is Brc1ccc(OCCC2CCCNC2)c(-c2ccccc2)c1.Cl. The third kappa shape index (κ3) is 5.23. The van der Waals surface area contributed by atoms with Crippen LogP contribution in [-0.4, -0.2) is 19.7 Å². The molecule has 0 spiro atoms. The Morgan fingerprint density at radius 2 is 1.96 bits per heavy atom. The van der Waals surface area contributed by atoms with Crippen LogP contribution in [0.5, 0.6) is 5.75 Å². The van der Waals surface area contributed by atoms with E-state index in [0.29, 0.717) is 0 Å². The summed E-state index contributed by atoms with van der Waals surface area (Å²) in [5, 5.41) is 3.47. The van der Waals surface area contributed by atoms with Gasteiger partial charge >= 0.3 is 0 Å². The van der Waals surface area contributed by atoms with Crippen molar-refractivity contribution in [2.24, 2.45) is 5.92 Å². The molecule has 1 atom stereocenters. The summed E-state index contributed by atoms with van der Waals surface area (Å²) in [5.41, 5.74) is 2.34. The van der Waals surface area contributed by atoms with Gasteiger partial charge in [-0.05, 0) is 62.0 Å². The molecule has 23 heavy (non-hydrogen) atoms. The summed E-state index contributed by atoms with van der Waals surface area (Å²) in [5.74, 6) is 1.72. The molecule has 1 fully saturated rings. The first kappa shape index (κ1) is 18.3. The number of ether oxygens (including phenoxy) is 1. The Morgan fingerprint density at radius 3 is 2.70 bits per heavy atom. The van der Waals surface area contributed by atoms with Gasteiger partial charge in [0, 0.05) is 10.0 Å². The summed E-state index contributed by atoms with van der Waals surface area (Å²) in [6, 6.07) is 16.7. The van der Waals surface area contributed by atoms with Gasteiger partial charge in [-0.3, -0.25) is 0 Å². The largest absolute Gasteiger partial charge is 0.493 e. The zero-order valence-electron chi connectivity index (χ0n) is 13.1. The average Bonchev–Trinajstić information content (AvgIpc) is 2.58. The third-order valence-corrected chi connectivity index (χ3v) is 4.70. The minimum atomic E-state index is 0. The van der Waals surface area contributed by atoms with Gasteiger partial charge in [-0.2, -0.15) is 0 Å². The highest BCUT2D eigenvalue weighted by molar-refractivity contribution is 9.10. The van der Waals surface area contributed by atoms with E-state index in [-0.39, 0.29) is 12.4 Å². The van der Waals surface area contributed by atoms with Gasteiger partial charge in [0.05, 0.1) is 6.61 Å². The normalized spacial score (nSPS) is 17.3. The molecule has 1 saturated heterocycles. The second kappa shape index (κ2) is 9.31. The van der Waals surface area contributed by atoms with Crippen LogP contribution in [0.1, 0.15) is 19.3 Å². The lowest BCUT2D eigenvalue weighted by molar-refractivity contribution is 0.255. The topological polar surface area (TPSA) is 21.3 Å². The van der Waals surface area contributed by atoms with E-state index in [1.54, 1.807) is 0 Å². The van der Waals surface area contributed by atoms with Crippen molar-refractivity contribution in [1.82, 2.24) is 5.32 Å². The molecule has 1 aliphatic rings. The lowest BCUT2D eigenvalue weighted by Crippen LogP contribution is -2.30. The molecule has 0 bridgehead atoms. The molecule has 4 heteroatoms. The maximum absolute atomic E-state index is 6.10. The van der Waals surface area contributed by atoms with Crippen LogP contribution in [-0.2, 0) is 0 Å². The van der Waals surface area contributed by atoms with Crippen LogP contribution >= 0.6 is 28.3 Å². The van der Waals surface area contributed by atoms with E-state index in [1.165, 1.54) is 24.9 Å². The Morgan fingerprint density at radius 1 is 1.13 bits per heavy atom. The van der Waals surface area contributed by atoms with Crippen LogP contribution in [0.4, 0.5) is 0 Å². The smallest absolute Gasteiger partial charge is 0.127 e. The minimum Gasteiger partial charge on any atom is -0.493 e. The van der Waals surface area contributed by atoms with Gasteiger partial charge in [0.25, 0.3) is 0 Å². The van der Waals surface area contributed by atoms with E-state index in [1.807, 2.05) is 12.1 Å². The summed E-state index contributed by atoms with van der Waals surface area (Å²) in [7, 11) is 0. The Hall–Kier alpha value is -1.03. The van der Waals surface area contributed by atoms with Gasteiger partial charge in [-0.15, -0.1) is 12.4 Å². The van der Waals surface area contributed by atoms with Crippen molar-refractivity contribution in [3.63, 3.8) is 0 Å². The Kier molecular flexibility index (Phi) is 7.41. The maximum Gasteiger partial charge on any atom is 0.127 e. The first-order chi connectivity index (χ1) is 10.8. The standard InChI is InChI=1S/C19H22BrNO.ClH/c20-17-8-9-19(18(13-17)16-6-2-1-3-7-16)22-12-10-15-5-4-11-21-14-15;/h1-3,6-9,13,15,21H,4-5,10-12,14H2;1H. The average molecular weight is 397 g/mol. The molecular weight excluding hydrogens is 374 g/mol. The van der Waals surface area contributed by atoms with Crippen LogP contribution in [0, 0.1) is 5.92 Å². The molecule has 0 radical (unpaired) electrons. The van der Waals surface area contributed by atoms with Crippen molar-refractivity contribution in [1.29, 1.82) is 0 Å². The molecule has 0 amide bonds. The number of nitrogens with one attached hydrogen (secondary N) is 1. The van der Waals surface area contributed by atoms with Crippen LogP contribution in [0.3, 0.4) is 0 Å². The maximum atomic E-state index is 6.10. The van der Waals surface area contributed by atoms with Gasteiger partial charge in [0.15, 0.2) is 0 Å². The number of benzene rings is 2. The third-order valence-electron chi connectivity index (χ3n) is 4.21. The predicted octanol–water partition coefficient (Wildman–Crippen LogP) is 5.31. The number of hydrogen-bond donors (Lipinski definition) is 1. The fourth-order valence-corrected chi connectivity index (χ4v) is 3.34. The molecule has 0 aromatic heterocycles. The van der Waals surface area contributed by atoms with Gasteiger partial charge in [-0.25, -0.2) is 0 Å². The zero-order chi connectivity index (χ0) is 15.2. The molecule has 1 heterocycles. The molecule has 1 N–H and O–H groups in total. The van der Waals surface area contributed by atoms with E-state index in [9.17, 15) is 0 Å². The summed E-state index contributed by atoms with van der Waals surface area (Å²) in [6.45, 7) is 3.09. The fraction of sp³-hybridized carbons (Fsp3) is 0.368. The van der Waals surface area contributed by atoms with Crippen molar-refractivity contribution in [3.8, 4) is 16.9 Å². The second-order valence-corrected chi connectivity index (χ2v) is 6.77. The van der Waals surface area contributed by atoms with E-state index < -0.39 is 0 Å². The van der Waals surface area contributed by atoms with E-state index >= 15 is 0 Å². The van der Waals surface area contributed by atoms with Crippen LogP contribution < -0.4 is 10.1 Å². The Balaban J connectivity index is 0.00000192. The fourth-order valence-electron chi connectivity index (χ4n) is 2.98. The second-order valence-electron chi connectivity index (χ2n) is 5.86. The molecule has 1 unspecified atom stereocenters. The highest BCUT2D eigenvalue weighted by Gasteiger charge is 2.13. The van der Waals surface area contributed by atoms with Crippen LogP contribution in [0.2, 0.25) is 0 Å². The van der Waals surface area contributed by atoms with E-state index in [2.05, 4.69) is 57.6 Å². The van der Waals surface area contributed by atoms with Crippen molar-refractivity contribution in [2.75, 3.05) is 19.7 Å². The molecule has 2 aromatic carbocycles.